The van der Waals surface area contributed by atoms with Gasteiger partial charge in [-0.05, 0) is 12.8 Å². The fraction of sp³-hybridized carbons (Fsp3) is 0.727. The van der Waals surface area contributed by atoms with Crippen LogP contribution in [0.1, 0.15) is 26.7 Å². The lowest BCUT2D eigenvalue weighted by Gasteiger charge is -2.36. The van der Waals surface area contributed by atoms with E-state index < -0.39 is 12.6 Å². The van der Waals surface area contributed by atoms with Crippen LogP contribution in [-0.2, 0) is 9.53 Å². The third-order valence-electron chi connectivity index (χ3n) is 2.70. The molecule has 1 heterocycles. The number of aliphatic hydroxyl groups excluding tert-OH is 2. The standard InChI is InChI=1S/C11H20N2O4/c1-3-8(4-2)17-10(7-14)13-6-5-9(15)12-11(13)16/h5-6,8,10-11,14,16H,3-4,7H2,1-2H3,(H,12,15)/t10-,11?/m1/s1. The summed E-state index contributed by atoms with van der Waals surface area (Å²) in [6.45, 7) is 3.73. The first-order chi connectivity index (χ1) is 8.12. The Morgan fingerprint density at radius 3 is 2.65 bits per heavy atom. The largest absolute Gasteiger partial charge is 0.392 e. The molecule has 1 aliphatic rings. The second-order valence-electron chi connectivity index (χ2n) is 3.86. The molecule has 98 valence electrons. The summed E-state index contributed by atoms with van der Waals surface area (Å²) in [6.07, 6.45) is 2.55. The highest BCUT2D eigenvalue weighted by atomic mass is 16.5. The summed E-state index contributed by atoms with van der Waals surface area (Å²) in [5, 5.41) is 21.2. The van der Waals surface area contributed by atoms with Gasteiger partial charge in [-0.1, -0.05) is 13.8 Å². The molecule has 3 N–H and O–H groups in total. The minimum absolute atomic E-state index is 0.0189. The van der Waals surface area contributed by atoms with Gasteiger partial charge in [-0.3, -0.25) is 4.79 Å². The van der Waals surface area contributed by atoms with Crippen molar-refractivity contribution in [2.24, 2.45) is 0 Å². The summed E-state index contributed by atoms with van der Waals surface area (Å²) in [4.78, 5) is 12.4. The minimum Gasteiger partial charge on any atom is -0.392 e. The minimum atomic E-state index is -1.17. The summed E-state index contributed by atoms with van der Waals surface area (Å²) in [5.74, 6) is -0.368. The highest BCUT2D eigenvalue weighted by molar-refractivity contribution is 5.88. The molecule has 0 aromatic heterocycles. The van der Waals surface area contributed by atoms with E-state index >= 15 is 0 Å². The molecule has 1 aliphatic heterocycles. The molecule has 0 saturated heterocycles. The monoisotopic (exact) mass is 244 g/mol. The van der Waals surface area contributed by atoms with Gasteiger partial charge in [0.15, 0.2) is 6.23 Å². The molecule has 0 spiro atoms. The van der Waals surface area contributed by atoms with Crippen LogP contribution in [0.3, 0.4) is 0 Å². The highest BCUT2D eigenvalue weighted by Crippen LogP contribution is 2.13. The maximum Gasteiger partial charge on any atom is 0.248 e. The van der Waals surface area contributed by atoms with Crippen molar-refractivity contribution in [2.75, 3.05) is 6.61 Å². The van der Waals surface area contributed by atoms with Gasteiger partial charge >= 0.3 is 0 Å². The number of hydrogen-bond donors (Lipinski definition) is 3. The average molecular weight is 244 g/mol. The summed E-state index contributed by atoms with van der Waals surface area (Å²) in [5.41, 5.74) is 0. The number of carbonyl (C=O) groups is 1. The lowest BCUT2D eigenvalue weighted by atomic mass is 10.2. The zero-order valence-electron chi connectivity index (χ0n) is 10.2. The molecule has 1 amide bonds. The number of aliphatic hydroxyl groups is 2. The Morgan fingerprint density at radius 2 is 2.18 bits per heavy atom. The topological polar surface area (TPSA) is 82.0 Å². The molecule has 0 radical (unpaired) electrons. The van der Waals surface area contributed by atoms with Gasteiger partial charge in [-0.2, -0.15) is 0 Å². The van der Waals surface area contributed by atoms with Gasteiger partial charge in [0.25, 0.3) is 0 Å². The van der Waals surface area contributed by atoms with Crippen molar-refractivity contribution in [1.29, 1.82) is 0 Å². The molecular weight excluding hydrogens is 224 g/mol. The molecule has 0 aromatic rings. The Morgan fingerprint density at radius 1 is 1.53 bits per heavy atom. The van der Waals surface area contributed by atoms with E-state index in [1.54, 1.807) is 0 Å². The van der Waals surface area contributed by atoms with E-state index in [4.69, 9.17) is 4.74 Å². The van der Waals surface area contributed by atoms with E-state index in [9.17, 15) is 15.0 Å². The van der Waals surface area contributed by atoms with Gasteiger partial charge in [-0.15, -0.1) is 0 Å². The van der Waals surface area contributed by atoms with E-state index in [2.05, 4.69) is 5.32 Å². The molecule has 17 heavy (non-hydrogen) atoms. The number of hydrogen-bond acceptors (Lipinski definition) is 5. The Balaban J connectivity index is 2.66. The van der Waals surface area contributed by atoms with Gasteiger partial charge in [0.2, 0.25) is 12.3 Å². The lowest BCUT2D eigenvalue weighted by Crippen LogP contribution is -2.54. The summed E-state index contributed by atoms with van der Waals surface area (Å²) >= 11 is 0. The van der Waals surface area contributed by atoms with Crippen molar-refractivity contribution in [1.82, 2.24) is 10.2 Å². The number of amides is 1. The average Bonchev–Trinajstić information content (AvgIpc) is 2.32. The quantitative estimate of drug-likeness (QED) is 0.599. The molecule has 1 rings (SSSR count). The van der Waals surface area contributed by atoms with Gasteiger partial charge in [0.1, 0.15) is 0 Å². The Hall–Kier alpha value is -1.11. The van der Waals surface area contributed by atoms with Crippen molar-refractivity contribution >= 4 is 5.91 Å². The molecular formula is C11H20N2O4. The second-order valence-corrected chi connectivity index (χ2v) is 3.86. The molecule has 1 unspecified atom stereocenters. The third kappa shape index (κ3) is 3.69. The van der Waals surface area contributed by atoms with Crippen molar-refractivity contribution in [3.63, 3.8) is 0 Å². The molecule has 0 fully saturated rings. The first kappa shape index (κ1) is 14.0. The maximum absolute atomic E-state index is 11.0. The van der Waals surface area contributed by atoms with Crippen LogP contribution in [0.5, 0.6) is 0 Å². The van der Waals surface area contributed by atoms with E-state index in [1.165, 1.54) is 17.2 Å². The van der Waals surface area contributed by atoms with E-state index in [0.29, 0.717) is 0 Å². The number of nitrogens with zero attached hydrogens (tertiary/aromatic N) is 1. The molecule has 0 aliphatic carbocycles. The van der Waals surface area contributed by atoms with Crippen LogP contribution in [0.2, 0.25) is 0 Å². The fourth-order valence-corrected chi connectivity index (χ4v) is 1.65. The number of rotatable bonds is 6. The van der Waals surface area contributed by atoms with Gasteiger partial charge in [0, 0.05) is 12.3 Å². The molecule has 6 nitrogen and oxygen atoms in total. The second kappa shape index (κ2) is 6.58. The molecule has 2 atom stereocenters. The molecule has 0 saturated carbocycles. The first-order valence-electron chi connectivity index (χ1n) is 5.82. The van der Waals surface area contributed by atoms with E-state index in [1.807, 2.05) is 13.8 Å². The maximum atomic E-state index is 11.0. The van der Waals surface area contributed by atoms with E-state index in [0.717, 1.165) is 12.8 Å². The van der Waals surface area contributed by atoms with Crippen LogP contribution in [0.15, 0.2) is 12.3 Å². The van der Waals surface area contributed by atoms with Crippen molar-refractivity contribution in [3.05, 3.63) is 12.3 Å². The predicted molar refractivity (Wildman–Crippen MR) is 61.5 cm³/mol. The number of nitrogens with one attached hydrogen (secondary N) is 1. The predicted octanol–water partition coefficient (Wildman–Crippen LogP) is -0.269. The van der Waals surface area contributed by atoms with Crippen LogP contribution < -0.4 is 5.32 Å². The Bertz CT molecular complexity index is 279. The third-order valence-corrected chi connectivity index (χ3v) is 2.70. The van der Waals surface area contributed by atoms with E-state index in [-0.39, 0.29) is 18.6 Å². The van der Waals surface area contributed by atoms with Crippen LogP contribution in [0.25, 0.3) is 0 Å². The van der Waals surface area contributed by atoms with Crippen LogP contribution in [0, 0.1) is 0 Å². The number of ether oxygens (including phenoxy) is 1. The summed E-state index contributed by atoms with van der Waals surface area (Å²) in [7, 11) is 0. The fourth-order valence-electron chi connectivity index (χ4n) is 1.65. The Labute approximate surface area is 101 Å². The molecule has 0 bridgehead atoms. The summed E-state index contributed by atoms with van der Waals surface area (Å²) in [6, 6.07) is 0. The van der Waals surface area contributed by atoms with Crippen molar-refractivity contribution in [3.8, 4) is 0 Å². The zero-order chi connectivity index (χ0) is 12.8. The lowest BCUT2D eigenvalue weighted by molar-refractivity contribution is -0.165. The van der Waals surface area contributed by atoms with Crippen LogP contribution >= 0.6 is 0 Å². The van der Waals surface area contributed by atoms with Gasteiger partial charge < -0.3 is 25.2 Å². The zero-order valence-corrected chi connectivity index (χ0v) is 10.2. The van der Waals surface area contributed by atoms with Crippen molar-refractivity contribution in [2.45, 2.75) is 45.4 Å². The van der Waals surface area contributed by atoms with Gasteiger partial charge in [-0.25, -0.2) is 0 Å². The normalized spacial score (nSPS) is 21.8. The molecule has 0 aromatic carbocycles. The smallest absolute Gasteiger partial charge is 0.248 e. The summed E-state index contributed by atoms with van der Waals surface area (Å²) < 4.78 is 5.66. The van der Waals surface area contributed by atoms with Crippen LogP contribution in [0.4, 0.5) is 0 Å². The highest BCUT2D eigenvalue weighted by Gasteiger charge is 2.27. The van der Waals surface area contributed by atoms with Crippen LogP contribution in [-0.4, -0.2) is 46.3 Å². The Kier molecular flexibility index (Phi) is 5.40. The number of carbonyl (C=O) groups excluding carboxylic acids is 1. The molecule has 6 heteroatoms. The van der Waals surface area contributed by atoms with Gasteiger partial charge in [0.05, 0.1) is 12.7 Å². The van der Waals surface area contributed by atoms with Crippen molar-refractivity contribution < 1.29 is 19.7 Å². The SMILES string of the molecule is CCC(CC)O[C@H](CO)N1C=CC(=O)NC1O. The first-order valence-corrected chi connectivity index (χ1v) is 5.82.